The molecule has 0 fully saturated rings. The predicted octanol–water partition coefficient (Wildman–Crippen LogP) is 6.17. The molecule has 0 N–H and O–H groups in total. The van der Waals surface area contributed by atoms with Crippen LogP contribution in [0.25, 0.3) is 17.0 Å². The molecular weight excluding hydrogens is 622 g/mol. The standard InChI is InChI=1S/C36H34ClN3O5S/c1-6-44-33-26(12-10-14-29(33)43-5)32-31(35(42)45-7-2)21(3)38-36-40(32)34(41)30(46-36)19-27-22(4)39(28-13-9-8-11-25(27)28)20-23-15-17-24(37)18-16-23/h8-19,32H,6-7,20H2,1-5H3/b30-19+/t32-/m1/s1. The van der Waals surface area contributed by atoms with Crippen molar-refractivity contribution in [3.63, 3.8) is 0 Å². The second kappa shape index (κ2) is 13.0. The molecule has 236 valence electrons. The summed E-state index contributed by atoms with van der Waals surface area (Å²) in [5.41, 5.74) is 5.26. The van der Waals surface area contributed by atoms with Crippen LogP contribution in [0.2, 0.25) is 5.02 Å². The van der Waals surface area contributed by atoms with Crippen LogP contribution in [0.15, 0.2) is 87.8 Å². The van der Waals surface area contributed by atoms with Crippen LogP contribution < -0.4 is 24.4 Å². The molecule has 5 aromatic rings. The quantitative estimate of drug-likeness (QED) is 0.177. The van der Waals surface area contributed by atoms with E-state index in [0.29, 0.717) is 50.3 Å². The number of halogens is 1. The topological polar surface area (TPSA) is 84.1 Å². The zero-order valence-corrected chi connectivity index (χ0v) is 27.9. The van der Waals surface area contributed by atoms with Crippen molar-refractivity contribution in [2.45, 2.75) is 40.3 Å². The van der Waals surface area contributed by atoms with Crippen molar-refractivity contribution in [3.05, 3.63) is 125 Å². The van der Waals surface area contributed by atoms with Crippen molar-refractivity contribution in [3.8, 4) is 11.5 Å². The van der Waals surface area contributed by atoms with E-state index < -0.39 is 12.0 Å². The van der Waals surface area contributed by atoms with Crippen LogP contribution in [-0.4, -0.2) is 35.4 Å². The molecule has 0 amide bonds. The highest BCUT2D eigenvalue weighted by Crippen LogP contribution is 2.41. The fraction of sp³-hybridized carbons (Fsp3) is 0.250. The van der Waals surface area contributed by atoms with Gasteiger partial charge in [0.25, 0.3) is 5.56 Å². The third-order valence-electron chi connectivity index (χ3n) is 8.14. The van der Waals surface area contributed by atoms with Gasteiger partial charge in [-0.15, -0.1) is 0 Å². The summed E-state index contributed by atoms with van der Waals surface area (Å²) in [6, 6.07) is 20.6. The minimum Gasteiger partial charge on any atom is -0.493 e. The summed E-state index contributed by atoms with van der Waals surface area (Å²) in [5, 5.41) is 1.72. The number of methoxy groups -OCH3 is 1. The lowest BCUT2D eigenvalue weighted by Crippen LogP contribution is -2.40. The Hall–Kier alpha value is -4.60. The first-order chi connectivity index (χ1) is 22.3. The van der Waals surface area contributed by atoms with E-state index in [-0.39, 0.29) is 17.7 Å². The number of carbonyl (C=O) groups excluding carboxylic acids is 1. The molecule has 8 nitrogen and oxygen atoms in total. The van der Waals surface area contributed by atoms with Crippen LogP contribution in [-0.2, 0) is 16.1 Å². The van der Waals surface area contributed by atoms with Crippen LogP contribution in [0.3, 0.4) is 0 Å². The molecule has 3 heterocycles. The Morgan fingerprint density at radius 2 is 1.78 bits per heavy atom. The van der Waals surface area contributed by atoms with Gasteiger partial charge in [0.2, 0.25) is 0 Å². The molecule has 1 aliphatic heterocycles. The zero-order valence-electron chi connectivity index (χ0n) is 26.3. The average Bonchev–Trinajstić information content (AvgIpc) is 3.50. The van der Waals surface area contributed by atoms with Crippen molar-refractivity contribution >= 4 is 45.9 Å². The Balaban J connectivity index is 1.57. The predicted molar refractivity (Wildman–Crippen MR) is 182 cm³/mol. The van der Waals surface area contributed by atoms with E-state index in [9.17, 15) is 9.59 Å². The van der Waals surface area contributed by atoms with Crippen LogP contribution in [0.1, 0.15) is 49.2 Å². The minimum atomic E-state index is -0.832. The number of rotatable bonds is 9. The second-order valence-electron chi connectivity index (χ2n) is 10.8. The Labute approximate surface area is 275 Å². The van der Waals surface area contributed by atoms with Gasteiger partial charge in [-0.25, -0.2) is 9.79 Å². The Morgan fingerprint density at radius 1 is 1.02 bits per heavy atom. The highest BCUT2D eigenvalue weighted by molar-refractivity contribution is 7.07. The van der Waals surface area contributed by atoms with Crippen molar-refractivity contribution in [1.29, 1.82) is 0 Å². The van der Waals surface area contributed by atoms with E-state index in [2.05, 4.69) is 23.6 Å². The summed E-state index contributed by atoms with van der Waals surface area (Å²) in [7, 11) is 1.56. The third kappa shape index (κ3) is 5.54. The molecule has 46 heavy (non-hydrogen) atoms. The highest BCUT2D eigenvalue weighted by Gasteiger charge is 2.36. The fourth-order valence-corrected chi connectivity index (χ4v) is 7.19. The van der Waals surface area contributed by atoms with Crippen LogP contribution in [0.4, 0.5) is 0 Å². The number of para-hydroxylation sites is 2. The van der Waals surface area contributed by atoms with E-state index in [1.807, 2.05) is 61.5 Å². The fourth-order valence-electron chi connectivity index (χ4n) is 6.04. The van der Waals surface area contributed by atoms with E-state index in [4.69, 9.17) is 30.8 Å². The normalized spacial score (nSPS) is 14.7. The Morgan fingerprint density at radius 3 is 2.50 bits per heavy atom. The number of allylic oxidation sites excluding steroid dienone is 1. The Bertz CT molecular complexity index is 2180. The van der Waals surface area contributed by atoms with Gasteiger partial charge in [0.1, 0.15) is 6.04 Å². The molecule has 2 aromatic heterocycles. The molecule has 10 heteroatoms. The van der Waals surface area contributed by atoms with Gasteiger partial charge in [0, 0.05) is 39.3 Å². The second-order valence-corrected chi connectivity index (χ2v) is 12.3. The maximum Gasteiger partial charge on any atom is 0.338 e. The summed E-state index contributed by atoms with van der Waals surface area (Å²) >= 11 is 7.43. The molecule has 0 spiro atoms. The van der Waals surface area contributed by atoms with Crippen molar-refractivity contribution in [1.82, 2.24) is 9.13 Å². The number of thiazole rings is 1. The number of hydrogen-bond acceptors (Lipinski definition) is 7. The summed E-state index contributed by atoms with van der Waals surface area (Å²) < 4.78 is 21.5. The van der Waals surface area contributed by atoms with E-state index >= 15 is 0 Å². The van der Waals surface area contributed by atoms with Crippen molar-refractivity contribution in [2.24, 2.45) is 4.99 Å². The highest BCUT2D eigenvalue weighted by atomic mass is 35.5. The largest absolute Gasteiger partial charge is 0.493 e. The minimum absolute atomic E-state index is 0.183. The number of carbonyl (C=O) groups is 1. The monoisotopic (exact) mass is 655 g/mol. The average molecular weight is 656 g/mol. The number of hydrogen-bond donors (Lipinski definition) is 0. The third-order valence-corrected chi connectivity index (χ3v) is 9.37. The van der Waals surface area contributed by atoms with Gasteiger partial charge in [-0.1, -0.05) is 65.4 Å². The van der Waals surface area contributed by atoms with Gasteiger partial charge in [0.15, 0.2) is 16.3 Å². The molecular formula is C36H34ClN3O5S. The summed E-state index contributed by atoms with van der Waals surface area (Å²) in [4.78, 5) is 33.1. The molecule has 1 atom stereocenters. The summed E-state index contributed by atoms with van der Waals surface area (Å²) in [5.74, 6) is 0.433. The van der Waals surface area contributed by atoms with Gasteiger partial charge >= 0.3 is 5.97 Å². The number of aromatic nitrogens is 2. The first-order valence-corrected chi connectivity index (χ1v) is 16.3. The van der Waals surface area contributed by atoms with E-state index in [1.54, 1.807) is 31.6 Å². The molecule has 3 aromatic carbocycles. The lowest BCUT2D eigenvalue weighted by atomic mass is 9.94. The molecule has 0 bridgehead atoms. The summed E-state index contributed by atoms with van der Waals surface area (Å²) in [6.07, 6.45) is 1.94. The van der Waals surface area contributed by atoms with Crippen LogP contribution in [0, 0.1) is 6.92 Å². The van der Waals surface area contributed by atoms with Gasteiger partial charge in [-0.2, -0.15) is 0 Å². The van der Waals surface area contributed by atoms with Crippen molar-refractivity contribution < 1.29 is 19.0 Å². The Kier molecular flexibility index (Phi) is 8.88. The molecule has 0 radical (unpaired) electrons. The zero-order chi connectivity index (χ0) is 32.5. The van der Waals surface area contributed by atoms with Crippen LogP contribution in [0.5, 0.6) is 11.5 Å². The van der Waals surface area contributed by atoms with Gasteiger partial charge < -0.3 is 18.8 Å². The molecule has 0 saturated carbocycles. The lowest BCUT2D eigenvalue weighted by Gasteiger charge is -2.26. The number of nitrogens with zero attached hydrogens (tertiary/aromatic N) is 3. The van der Waals surface area contributed by atoms with Gasteiger partial charge in [-0.3, -0.25) is 9.36 Å². The number of fused-ring (bicyclic) bond motifs is 2. The number of esters is 1. The molecule has 0 unspecified atom stereocenters. The van der Waals surface area contributed by atoms with Crippen molar-refractivity contribution in [2.75, 3.05) is 20.3 Å². The van der Waals surface area contributed by atoms with E-state index in [0.717, 1.165) is 27.7 Å². The molecule has 0 saturated heterocycles. The lowest BCUT2D eigenvalue weighted by molar-refractivity contribution is -0.139. The van der Waals surface area contributed by atoms with Gasteiger partial charge in [-0.05, 0) is 63.6 Å². The maximum absolute atomic E-state index is 14.5. The smallest absolute Gasteiger partial charge is 0.338 e. The maximum atomic E-state index is 14.5. The van der Waals surface area contributed by atoms with Gasteiger partial charge in [0.05, 0.1) is 36.1 Å². The van der Waals surface area contributed by atoms with Crippen LogP contribution >= 0.6 is 22.9 Å². The molecule has 0 aliphatic carbocycles. The first-order valence-electron chi connectivity index (χ1n) is 15.1. The first kappa shape index (κ1) is 31.4. The SMILES string of the molecule is CCOC(=O)C1=C(C)N=c2s/c(=C/c3c(C)n(Cc4ccc(Cl)cc4)c4ccccc34)c(=O)n2[C@@H]1c1cccc(OC)c1OCC. The molecule has 1 aliphatic rings. The number of benzene rings is 3. The summed E-state index contributed by atoms with van der Waals surface area (Å²) in [6.45, 7) is 8.66. The molecule has 6 rings (SSSR count). The number of ether oxygens (including phenoxy) is 3. The van der Waals surface area contributed by atoms with E-state index in [1.165, 1.54) is 11.3 Å².